The third-order valence-corrected chi connectivity index (χ3v) is 4.19. The van der Waals surface area contributed by atoms with E-state index in [4.69, 9.17) is 4.74 Å². The standard InChI is InChI=1S/C17H22N2O5/c1-10-6-12(15(20)21)9-19(8-10)17(23)18-13-5-4-11(2)14(7-13)16(22)24-3/h4-5,7,10,12H,6,8-9H2,1-3H3,(H,18,23)(H,20,21). The van der Waals surface area contributed by atoms with Gasteiger partial charge in [-0.3, -0.25) is 4.79 Å². The number of carbonyl (C=O) groups excluding carboxylic acids is 2. The summed E-state index contributed by atoms with van der Waals surface area (Å²) in [6, 6.07) is 4.61. The molecule has 1 aliphatic rings. The average Bonchev–Trinajstić information content (AvgIpc) is 2.55. The van der Waals surface area contributed by atoms with Crippen LogP contribution in [0.3, 0.4) is 0 Å². The van der Waals surface area contributed by atoms with Gasteiger partial charge in [-0.05, 0) is 37.0 Å². The van der Waals surface area contributed by atoms with Crippen molar-refractivity contribution in [3.8, 4) is 0 Å². The van der Waals surface area contributed by atoms with Crippen molar-refractivity contribution in [3.05, 3.63) is 29.3 Å². The maximum Gasteiger partial charge on any atom is 0.338 e. The van der Waals surface area contributed by atoms with Crippen LogP contribution in [0.5, 0.6) is 0 Å². The summed E-state index contributed by atoms with van der Waals surface area (Å²) in [5.41, 5.74) is 1.60. The second kappa shape index (κ2) is 7.33. The Kier molecular flexibility index (Phi) is 5.43. The largest absolute Gasteiger partial charge is 0.481 e. The molecule has 1 heterocycles. The van der Waals surface area contributed by atoms with Gasteiger partial charge in [0.1, 0.15) is 0 Å². The van der Waals surface area contributed by atoms with Crippen LogP contribution in [0.1, 0.15) is 29.3 Å². The van der Waals surface area contributed by atoms with E-state index in [2.05, 4.69) is 5.32 Å². The molecule has 0 radical (unpaired) electrons. The molecule has 24 heavy (non-hydrogen) atoms. The normalized spacial score (nSPS) is 20.4. The van der Waals surface area contributed by atoms with E-state index in [-0.39, 0.29) is 18.5 Å². The predicted octanol–water partition coefficient (Wildman–Crippen LogP) is 2.36. The number of amides is 2. The lowest BCUT2D eigenvalue weighted by Crippen LogP contribution is -2.47. The number of esters is 1. The molecule has 2 N–H and O–H groups in total. The number of ether oxygens (including phenoxy) is 1. The summed E-state index contributed by atoms with van der Waals surface area (Å²) in [7, 11) is 1.30. The first-order valence-electron chi connectivity index (χ1n) is 7.79. The Bertz CT molecular complexity index is 658. The fourth-order valence-electron chi connectivity index (χ4n) is 2.93. The number of carboxylic acids is 1. The van der Waals surface area contributed by atoms with Crippen LogP contribution in [0.4, 0.5) is 10.5 Å². The lowest BCUT2D eigenvalue weighted by atomic mass is 9.91. The highest BCUT2D eigenvalue weighted by Crippen LogP contribution is 2.23. The van der Waals surface area contributed by atoms with Crippen LogP contribution < -0.4 is 5.32 Å². The third kappa shape index (κ3) is 4.04. The second-order valence-electron chi connectivity index (χ2n) is 6.23. The molecule has 1 fully saturated rings. The lowest BCUT2D eigenvalue weighted by Gasteiger charge is -2.34. The number of rotatable bonds is 3. The van der Waals surface area contributed by atoms with Crippen molar-refractivity contribution in [1.29, 1.82) is 0 Å². The Labute approximate surface area is 140 Å². The zero-order valence-electron chi connectivity index (χ0n) is 14.0. The van der Waals surface area contributed by atoms with Gasteiger partial charge in [0.05, 0.1) is 18.6 Å². The van der Waals surface area contributed by atoms with Crippen molar-refractivity contribution >= 4 is 23.7 Å². The summed E-state index contributed by atoms with van der Waals surface area (Å²) in [4.78, 5) is 36.9. The zero-order chi connectivity index (χ0) is 17.9. The molecule has 0 aliphatic carbocycles. The van der Waals surface area contributed by atoms with Gasteiger partial charge < -0.3 is 20.1 Å². The fourth-order valence-corrected chi connectivity index (χ4v) is 2.93. The van der Waals surface area contributed by atoms with E-state index in [1.54, 1.807) is 25.1 Å². The van der Waals surface area contributed by atoms with E-state index in [1.165, 1.54) is 12.0 Å². The summed E-state index contributed by atoms with van der Waals surface area (Å²) < 4.78 is 4.72. The SMILES string of the molecule is COC(=O)c1cc(NC(=O)N2CC(C)CC(C(=O)O)C2)ccc1C. The van der Waals surface area contributed by atoms with Gasteiger partial charge in [0.15, 0.2) is 0 Å². The molecule has 2 atom stereocenters. The Morgan fingerprint density at radius 3 is 2.62 bits per heavy atom. The molecule has 1 aromatic rings. The highest BCUT2D eigenvalue weighted by molar-refractivity contribution is 5.95. The minimum absolute atomic E-state index is 0.120. The van der Waals surface area contributed by atoms with Crippen LogP contribution in [0.2, 0.25) is 0 Å². The van der Waals surface area contributed by atoms with Crippen LogP contribution in [0, 0.1) is 18.8 Å². The number of likely N-dealkylation sites (tertiary alicyclic amines) is 1. The number of anilines is 1. The molecule has 130 valence electrons. The number of nitrogens with zero attached hydrogens (tertiary/aromatic N) is 1. The molecule has 7 nitrogen and oxygen atoms in total. The Balaban J connectivity index is 2.11. The van der Waals surface area contributed by atoms with E-state index in [0.717, 1.165) is 5.56 Å². The highest BCUT2D eigenvalue weighted by Gasteiger charge is 2.32. The number of carboxylic acid groups (broad SMARTS) is 1. The molecule has 2 rings (SSSR count). The van der Waals surface area contributed by atoms with E-state index >= 15 is 0 Å². The van der Waals surface area contributed by atoms with Gasteiger partial charge in [0.25, 0.3) is 0 Å². The van der Waals surface area contributed by atoms with Crippen LogP contribution in [0.15, 0.2) is 18.2 Å². The van der Waals surface area contributed by atoms with E-state index < -0.39 is 17.9 Å². The van der Waals surface area contributed by atoms with Crippen molar-refractivity contribution in [2.24, 2.45) is 11.8 Å². The molecule has 7 heteroatoms. The average molecular weight is 334 g/mol. The van der Waals surface area contributed by atoms with E-state index in [1.807, 2.05) is 6.92 Å². The molecule has 1 aromatic carbocycles. The summed E-state index contributed by atoms with van der Waals surface area (Å²) in [6.45, 7) is 4.39. The van der Waals surface area contributed by atoms with Gasteiger partial charge in [-0.2, -0.15) is 0 Å². The van der Waals surface area contributed by atoms with Crippen molar-refractivity contribution in [2.45, 2.75) is 20.3 Å². The molecule has 2 unspecified atom stereocenters. The quantitative estimate of drug-likeness (QED) is 0.827. The predicted molar refractivity (Wildman–Crippen MR) is 88.0 cm³/mol. The number of benzene rings is 1. The smallest absolute Gasteiger partial charge is 0.338 e. The first kappa shape index (κ1) is 17.8. The summed E-state index contributed by atoms with van der Waals surface area (Å²) in [6.07, 6.45) is 0.566. The van der Waals surface area contributed by atoms with Crippen LogP contribution in [0.25, 0.3) is 0 Å². The number of urea groups is 1. The monoisotopic (exact) mass is 334 g/mol. The van der Waals surface area contributed by atoms with Crippen molar-refractivity contribution < 1.29 is 24.2 Å². The molecule has 0 saturated carbocycles. The van der Waals surface area contributed by atoms with Crippen molar-refractivity contribution in [2.75, 3.05) is 25.5 Å². The fraction of sp³-hybridized carbons (Fsp3) is 0.471. The number of hydrogen-bond donors (Lipinski definition) is 2. The molecule has 2 amide bonds. The Morgan fingerprint density at radius 2 is 2.00 bits per heavy atom. The Hall–Kier alpha value is -2.57. The van der Waals surface area contributed by atoms with Crippen molar-refractivity contribution in [3.63, 3.8) is 0 Å². The number of methoxy groups -OCH3 is 1. The third-order valence-electron chi connectivity index (χ3n) is 4.19. The minimum Gasteiger partial charge on any atom is -0.481 e. The second-order valence-corrected chi connectivity index (χ2v) is 6.23. The van der Waals surface area contributed by atoms with Gasteiger partial charge in [0.2, 0.25) is 0 Å². The Morgan fingerprint density at radius 1 is 1.29 bits per heavy atom. The number of nitrogens with one attached hydrogen (secondary N) is 1. The molecule has 0 spiro atoms. The summed E-state index contributed by atoms with van der Waals surface area (Å²) in [5.74, 6) is -1.79. The van der Waals surface area contributed by atoms with Gasteiger partial charge >= 0.3 is 18.0 Å². The van der Waals surface area contributed by atoms with Gasteiger partial charge in [-0.25, -0.2) is 9.59 Å². The molecule has 0 bridgehead atoms. The molecule has 1 aliphatic heterocycles. The summed E-state index contributed by atoms with van der Waals surface area (Å²) >= 11 is 0. The van der Waals surface area contributed by atoms with Crippen molar-refractivity contribution in [1.82, 2.24) is 4.90 Å². The van der Waals surface area contributed by atoms with Crippen LogP contribution in [-0.4, -0.2) is 48.2 Å². The molecular weight excluding hydrogens is 312 g/mol. The number of aliphatic carboxylic acids is 1. The topological polar surface area (TPSA) is 95.9 Å². The van der Waals surface area contributed by atoms with Gasteiger partial charge in [-0.15, -0.1) is 0 Å². The van der Waals surface area contributed by atoms with Crippen LogP contribution >= 0.6 is 0 Å². The minimum atomic E-state index is -0.886. The van der Waals surface area contributed by atoms with E-state index in [9.17, 15) is 19.5 Å². The molecule has 0 aromatic heterocycles. The lowest BCUT2D eigenvalue weighted by molar-refractivity contribution is -0.143. The summed E-state index contributed by atoms with van der Waals surface area (Å²) in [5, 5.41) is 11.9. The molecule has 1 saturated heterocycles. The molecular formula is C17H22N2O5. The number of hydrogen-bond acceptors (Lipinski definition) is 4. The first-order valence-corrected chi connectivity index (χ1v) is 7.79. The van der Waals surface area contributed by atoms with E-state index in [0.29, 0.717) is 24.2 Å². The number of aryl methyl sites for hydroxylation is 1. The van der Waals surface area contributed by atoms with Gasteiger partial charge in [-0.1, -0.05) is 13.0 Å². The zero-order valence-corrected chi connectivity index (χ0v) is 14.0. The highest BCUT2D eigenvalue weighted by atomic mass is 16.5. The maximum absolute atomic E-state index is 12.4. The number of piperidine rings is 1. The van der Waals surface area contributed by atoms with Gasteiger partial charge in [0, 0.05) is 18.8 Å². The van der Waals surface area contributed by atoms with Crippen LogP contribution in [-0.2, 0) is 9.53 Å². The number of carbonyl (C=O) groups is 3. The maximum atomic E-state index is 12.4. The first-order chi connectivity index (χ1) is 11.3.